The third-order valence-electron chi connectivity index (χ3n) is 5.75. The van der Waals surface area contributed by atoms with Crippen LogP contribution in [0.3, 0.4) is 0 Å². The van der Waals surface area contributed by atoms with Crippen molar-refractivity contribution in [2.75, 3.05) is 5.32 Å². The fraction of sp³-hybridized carbons (Fsp3) is 0.0833. The van der Waals surface area contributed by atoms with E-state index in [0.717, 1.165) is 33.7 Å². The van der Waals surface area contributed by atoms with E-state index in [-0.39, 0.29) is 6.04 Å². The third kappa shape index (κ3) is 3.08. The number of benzene rings is 3. The van der Waals surface area contributed by atoms with Crippen molar-refractivity contribution in [2.45, 2.75) is 12.1 Å². The van der Waals surface area contributed by atoms with Crippen LogP contribution in [0, 0.1) is 0 Å². The Morgan fingerprint density at radius 1 is 0.906 bits per heavy atom. The number of para-hydroxylation sites is 1. The summed E-state index contributed by atoms with van der Waals surface area (Å²) in [5, 5.41) is 9.76. The summed E-state index contributed by atoms with van der Waals surface area (Å²) in [4.78, 5) is 4.43. The molecule has 0 radical (unpaired) electrons. The number of hydrogen-bond donors (Lipinski definition) is 1. The van der Waals surface area contributed by atoms with Gasteiger partial charge < -0.3 is 10.1 Å². The van der Waals surface area contributed by atoms with E-state index >= 15 is 0 Å². The van der Waals surface area contributed by atoms with E-state index in [1.165, 1.54) is 6.33 Å². The minimum atomic E-state index is -0.390. The highest BCUT2D eigenvalue weighted by atomic mass is 35.5. The maximum absolute atomic E-state index is 6.70. The first-order valence-corrected chi connectivity index (χ1v) is 11.1. The lowest BCUT2D eigenvalue weighted by Gasteiger charge is -2.39. The molecule has 8 heteroatoms. The van der Waals surface area contributed by atoms with Crippen molar-refractivity contribution in [3.05, 3.63) is 110 Å². The first kappa shape index (κ1) is 19.7. The molecule has 4 aromatic rings. The Hall–Kier alpha value is -2.99. The van der Waals surface area contributed by atoms with Crippen LogP contribution in [0.2, 0.25) is 15.1 Å². The average Bonchev–Trinajstić information content (AvgIpc) is 3.27. The van der Waals surface area contributed by atoms with Gasteiger partial charge in [0.2, 0.25) is 5.95 Å². The van der Waals surface area contributed by atoms with Crippen LogP contribution in [-0.4, -0.2) is 14.8 Å². The molecule has 3 heterocycles. The van der Waals surface area contributed by atoms with Gasteiger partial charge in [0.05, 0.1) is 5.70 Å². The van der Waals surface area contributed by atoms with Gasteiger partial charge in [-0.15, -0.1) is 0 Å². The van der Waals surface area contributed by atoms with E-state index in [0.29, 0.717) is 21.0 Å². The van der Waals surface area contributed by atoms with Gasteiger partial charge in [-0.3, -0.25) is 0 Å². The molecule has 3 aromatic carbocycles. The zero-order valence-corrected chi connectivity index (χ0v) is 18.7. The van der Waals surface area contributed by atoms with E-state index < -0.39 is 6.10 Å². The van der Waals surface area contributed by atoms with Crippen LogP contribution < -0.4 is 10.1 Å². The fourth-order valence-corrected chi connectivity index (χ4v) is 4.99. The van der Waals surface area contributed by atoms with Crippen LogP contribution >= 0.6 is 34.8 Å². The molecule has 0 unspecified atom stereocenters. The highest BCUT2D eigenvalue weighted by Gasteiger charge is 2.41. The molecule has 32 heavy (non-hydrogen) atoms. The maximum Gasteiger partial charge on any atom is 0.226 e. The molecule has 1 aromatic heterocycles. The quantitative estimate of drug-likeness (QED) is 0.342. The number of rotatable bonds is 2. The predicted octanol–water partition coefficient (Wildman–Crippen LogP) is 6.80. The number of halogens is 3. The molecule has 0 spiro atoms. The van der Waals surface area contributed by atoms with Crippen molar-refractivity contribution in [1.29, 1.82) is 0 Å². The molecular formula is C24H15Cl3N4O. The minimum absolute atomic E-state index is 0.345. The number of aromatic nitrogens is 3. The lowest BCUT2D eigenvalue weighted by Crippen LogP contribution is -2.32. The van der Waals surface area contributed by atoms with E-state index in [4.69, 9.17) is 39.5 Å². The molecule has 0 amide bonds. The summed E-state index contributed by atoms with van der Waals surface area (Å²) in [6, 6.07) is 20.8. The van der Waals surface area contributed by atoms with Crippen molar-refractivity contribution in [2.24, 2.45) is 0 Å². The van der Waals surface area contributed by atoms with E-state index in [1.54, 1.807) is 6.07 Å². The first-order valence-electron chi connectivity index (χ1n) is 9.97. The Bertz CT molecular complexity index is 1380. The minimum Gasteiger partial charge on any atom is -0.480 e. The van der Waals surface area contributed by atoms with Gasteiger partial charge in [0.25, 0.3) is 0 Å². The van der Waals surface area contributed by atoms with Crippen molar-refractivity contribution in [1.82, 2.24) is 14.8 Å². The highest BCUT2D eigenvalue weighted by Crippen LogP contribution is 2.51. The number of hydrogen-bond acceptors (Lipinski definition) is 4. The largest absolute Gasteiger partial charge is 0.480 e. The van der Waals surface area contributed by atoms with Crippen LogP contribution in [0.25, 0.3) is 5.70 Å². The summed E-state index contributed by atoms with van der Waals surface area (Å²) >= 11 is 19.1. The Kier molecular flexibility index (Phi) is 4.65. The van der Waals surface area contributed by atoms with Gasteiger partial charge in [-0.1, -0.05) is 65.1 Å². The Labute approximate surface area is 199 Å². The second kappa shape index (κ2) is 7.55. The van der Waals surface area contributed by atoms with Gasteiger partial charge >= 0.3 is 0 Å². The molecule has 0 bridgehead atoms. The average molecular weight is 482 g/mol. The van der Waals surface area contributed by atoms with Crippen molar-refractivity contribution in [3.63, 3.8) is 0 Å². The second-order valence-electron chi connectivity index (χ2n) is 7.60. The lowest BCUT2D eigenvalue weighted by atomic mass is 9.84. The van der Waals surface area contributed by atoms with Crippen LogP contribution in [-0.2, 0) is 0 Å². The van der Waals surface area contributed by atoms with E-state index in [9.17, 15) is 0 Å². The van der Waals surface area contributed by atoms with Crippen LogP contribution in [0.5, 0.6) is 5.75 Å². The van der Waals surface area contributed by atoms with Gasteiger partial charge in [0.1, 0.15) is 24.2 Å². The van der Waals surface area contributed by atoms with Crippen LogP contribution in [0.4, 0.5) is 5.95 Å². The number of anilines is 1. The molecule has 2 aliphatic rings. The molecule has 0 saturated heterocycles. The highest BCUT2D eigenvalue weighted by molar-refractivity contribution is 6.35. The Balaban J connectivity index is 1.64. The normalized spacial score (nSPS) is 18.8. The van der Waals surface area contributed by atoms with Crippen molar-refractivity contribution in [3.8, 4) is 5.75 Å². The zero-order chi connectivity index (χ0) is 21.8. The van der Waals surface area contributed by atoms with E-state index in [1.807, 2.05) is 65.3 Å². The fourth-order valence-electron chi connectivity index (χ4n) is 4.35. The summed E-state index contributed by atoms with van der Waals surface area (Å²) in [5.74, 6) is 1.42. The molecule has 0 aliphatic carbocycles. The van der Waals surface area contributed by atoms with Gasteiger partial charge in [-0.05, 0) is 47.5 Å². The number of fused-ring (bicyclic) bond motifs is 3. The van der Waals surface area contributed by atoms with Gasteiger partial charge in [0.15, 0.2) is 0 Å². The lowest BCUT2D eigenvalue weighted by molar-refractivity contribution is 0.223. The Morgan fingerprint density at radius 3 is 2.50 bits per heavy atom. The molecule has 2 aliphatic heterocycles. The second-order valence-corrected chi connectivity index (χ2v) is 8.88. The first-order chi connectivity index (χ1) is 15.6. The Morgan fingerprint density at radius 2 is 1.69 bits per heavy atom. The number of nitrogens with one attached hydrogen (secondary N) is 1. The molecule has 1 N–H and O–H groups in total. The molecule has 0 fully saturated rings. The predicted molar refractivity (Wildman–Crippen MR) is 126 cm³/mol. The summed E-state index contributed by atoms with van der Waals surface area (Å²) in [7, 11) is 0. The topological polar surface area (TPSA) is 52.0 Å². The monoisotopic (exact) mass is 480 g/mol. The van der Waals surface area contributed by atoms with Crippen molar-refractivity contribution < 1.29 is 4.74 Å². The standard InChI is InChI=1S/C24H15Cl3N4O/c25-14-7-5-13(6-8-14)23-20-21(17-3-1-2-4-19(17)32-23)30-24-28-12-29-31(24)22(20)16-10-9-15(26)11-18(16)27/h1-12,22-23H,(H,28,29,30)/t22-,23-/m1/s1. The molecule has 5 nitrogen and oxygen atoms in total. The maximum atomic E-state index is 6.70. The SMILES string of the molecule is Clc1ccc([C@H]2Oc3ccccc3C3=C2[C@@H](c2ccc(Cl)cc2Cl)n2ncnc2N3)cc1. The summed E-state index contributed by atoms with van der Waals surface area (Å²) < 4.78 is 8.39. The smallest absolute Gasteiger partial charge is 0.226 e. The summed E-state index contributed by atoms with van der Waals surface area (Å²) in [6.45, 7) is 0. The molecule has 6 rings (SSSR count). The van der Waals surface area contributed by atoms with Gasteiger partial charge in [0, 0.05) is 26.2 Å². The van der Waals surface area contributed by atoms with Crippen LogP contribution in [0.1, 0.15) is 28.8 Å². The van der Waals surface area contributed by atoms with Gasteiger partial charge in [-0.25, -0.2) is 4.68 Å². The molecule has 158 valence electrons. The number of nitrogens with zero attached hydrogens (tertiary/aromatic N) is 3. The molecule has 0 saturated carbocycles. The van der Waals surface area contributed by atoms with Crippen LogP contribution in [0.15, 0.2) is 78.6 Å². The summed E-state index contributed by atoms with van der Waals surface area (Å²) in [5.41, 5.74) is 4.70. The third-order valence-corrected chi connectivity index (χ3v) is 6.57. The molecular weight excluding hydrogens is 467 g/mol. The van der Waals surface area contributed by atoms with E-state index in [2.05, 4.69) is 15.4 Å². The zero-order valence-electron chi connectivity index (χ0n) is 16.5. The molecule has 2 atom stereocenters. The summed E-state index contributed by atoms with van der Waals surface area (Å²) in [6.07, 6.45) is 1.14. The van der Waals surface area contributed by atoms with Gasteiger partial charge in [-0.2, -0.15) is 10.1 Å². The number of ether oxygens (including phenoxy) is 1. The van der Waals surface area contributed by atoms with Crippen molar-refractivity contribution >= 4 is 46.4 Å².